The Morgan fingerprint density at radius 1 is 1.60 bits per heavy atom. The molecule has 1 saturated carbocycles. The monoisotopic (exact) mass is 164 g/mol. The minimum atomic E-state index is -3.73. The van der Waals surface area contributed by atoms with Gasteiger partial charge in [0.15, 0.2) is 0 Å². The van der Waals surface area contributed by atoms with E-state index < -0.39 is 10.1 Å². The lowest BCUT2D eigenvalue weighted by atomic mass is 10.1. The molecule has 0 aromatic carbocycles. The summed E-state index contributed by atoms with van der Waals surface area (Å²) in [6.45, 7) is 1.87. The number of hydrogen-bond acceptors (Lipinski definition) is 2. The summed E-state index contributed by atoms with van der Waals surface area (Å²) in [7, 11) is -3.73. The van der Waals surface area contributed by atoms with Crippen LogP contribution in [0.5, 0.6) is 0 Å². The molecule has 0 aromatic heterocycles. The molecule has 0 spiro atoms. The van der Waals surface area contributed by atoms with Crippen LogP contribution in [0, 0.1) is 11.8 Å². The number of hydrogen-bond donors (Lipinski definition) is 1. The van der Waals surface area contributed by atoms with Gasteiger partial charge in [-0.15, -0.1) is 0 Å². The van der Waals surface area contributed by atoms with Crippen LogP contribution in [0.2, 0.25) is 0 Å². The largest absolute Gasteiger partial charge is 0.286 e. The molecule has 0 aromatic rings. The lowest BCUT2D eigenvalue weighted by Gasteiger charge is -2.05. The Kier molecular flexibility index (Phi) is 2.01. The van der Waals surface area contributed by atoms with Crippen molar-refractivity contribution in [2.75, 3.05) is 5.75 Å². The molecular formula is C6H12O3S. The molecule has 3 nitrogen and oxygen atoms in total. The first-order valence-corrected chi connectivity index (χ1v) is 5.05. The maximum atomic E-state index is 10.3. The Hall–Kier alpha value is -0.0900. The highest BCUT2D eigenvalue weighted by Crippen LogP contribution is 2.36. The third-order valence-electron chi connectivity index (χ3n) is 1.90. The van der Waals surface area contributed by atoms with Gasteiger partial charge in [-0.05, 0) is 24.7 Å². The zero-order valence-electron chi connectivity index (χ0n) is 5.95. The molecule has 1 unspecified atom stereocenters. The van der Waals surface area contributed by atoms with E-state index in [0.717, 1.165) is 12.8 Å². The van der Waals surface area contributed by atoms with E-state index in [-0.39, 0.29) is 11.7 Å². The highest BCUT2D eigenvalue weighted by Gasteiger charge is 2.30. The van der Waals surface area contributed by atoms with Crippen LogP contribution >= 0.6 is 0 Å². The Labute approximate surface area is 61.2 Å². The van der Waals surface area contributed by atoms with Gasteiger partial charge in [0, 0.05) is 0 Å². The van der Waals surface area contributed by atoms with Crippen LogP contribution in [0.1, 0.15) is 19.8 Å². The molecule has 1 rings (SSSR count). The predicted octanol–water partition coefficient (Wildman–Crippen LogP) is 0.920. The third kappa shape index (κ3) is 2.66. The first-order valence-electron chi connectivity index (χ1n) is 3.44. The van der Waals surface area contributed by atoms with E-state index in [2.05, 4.69) is 0 Å². The summed E-state index contributed by atoms with van der Waals surface area (Å²) < 4.78 is 29.1. The van der Waals surface area contributed by atoms with Gasteiger partial charge in [-0.25, -0.2) is 0 Å². The second-order valence-electron chi connectivity index (χ2n) is 3.06. The van der Waals surface area contributed by atoms with E-state index in [0.29, 0.717) is 5.92 Å². The maximum absolute atomic E-state index is 10.3. The highest BCUT2D eigenvalue weighted by molar-refractivity contribution is 7.85. The van der Waals surface area contributed by atoms with Crippen LogP contribution in [-0.4, -0.2) is 18.7 Å². The summed E-state index contributed by atoms with van der Waals surface area (Å²) in [4.78, 5) is 0. The fourth-order valence-electron chi connectivity index (χ4n) is 1.13. The molecule has 4 heteroatoms. The SMILES string of the molecule is CC(CS(=O)(=O)O)C1CC1. The van der Waals surface area contributed by atoms with Crippen LogP contribution in [0.4, 0.5) is 0 Å². The second-order valence-corrected chi connectivity index (χ2v) is 4.56. The fourth-order valence-corrected chi connectivity index (χ4v) is 2.07. The quantitative estimate of drug-likeness (QED) is 0.631. The van der Waals surface area contributed by atoms with E-state index in [1.54, 1.807) is 0 Å². The van der Waals surface area contributed by atoms with Gasteiger partial charge >= 0.3 is 0 Å². The fraction of sp³-hybridized carbons (Fsp3) is 1.00. The molecular weight excluding hydrogens is 152 g/mol. The molecule has 0 heterocycles. The Morgan fingerprint density at radius 2 is 2.10 bits per heavy atom. The minimum Gasteiger partial charge on any atom is -0.286 e. The van der Waals surface area contributed by atoms with Crippen molar-refractivity contribution in [1.82, 2.24) is 0 Å². The van der Waals surface area contributed by atoms with Gasteiger partial charge in [-0.2, -0.15) is 8.42 Å². The first-order chi connectivity index (χ1) is 4.49. The van der Waals surface area contributed by atoms with Crippen LogP contribution in [0.25, 0.3) is 0 Å². The normalized spacial score (nSPS) is 22.6. The topological polar surface area (TPSA) is 54.4 Å². The van der Waals surface area contributed by atoms with Crippen molar-refractivity contribution in [3.8, 4) is 0 Å². The molecule has 10 heavy (non-hydrogen) atoms. The smallest absolute Gasteiger partial charge is 0.265 e. The van der Waals surface area contributed by atoms with Gasteiger partial charge in [-0.1, -0.05) is 6.92 Å². The van der Waals surface area contributed by atoms with Crippen molar-refractivity contribution in [3.63, 3.8) is 0 Å². The van der Waals surface area contributed by atoms with E-state index in [1.165, 1.54) is 0 Å². The lowest BCUT2D eigenvalue weighted by Crippen LogP contribution is -2.13. The van der Waals surface area contributed by atoms with Crippen molar-refractivity contribution in [3.05, 3.63) is 0 Å². The van der Waals surface area contributed by atoms with Gasteiger partial charge in [0.05, 0.1) is 5.75 Å². The van der Waals surface area contributed by atoms with Gasteiger partial charge in [0.1, 0.15) is 0 Å². The van der Waals surface area contributed by atoms with Gasteiger partial charge in [0.25, 0.3) is 10.1 Å². The molecule has 1 fully saturated rings. The van der Waals surface area contributed by atoms with Gasteiger partial charge in [-0.3, -0.25) is 4.55 Å². The Morgan fingerprint density at radius 3 is 2.40 bits per heavy atom. The summed E-state index contributed by atoms with van der Waals surface area (Å²) in [6.07, 6.45) is 2.24. The molecule has 1 aliphatic rings. The van der Waals surface area contributed by atoms with E-state index in [4.69, 9.17) is 4.55 Å². The van der Waals surface area contributed by atoms with E-state index in [1.807, 2.05) is 6.92 Å². The van der Waals surface area contributed by atoms with Crippen LogP contribution in [0.15, 0.2) is 0 Å². The molecule has 0 saturated heterocycles. The van der Waals surface area contributed by atoms with Crippen molar-refractivity contribution in [2.45, 2.75) is 19.8 Å². The van der Waals surface area contributed by atoms with Crippen molar-refractivity contribution in [1.29, 1.82) is 0 Å². The van der Waals surface area contributed by atoms with Crippen LogP contribution in [0.3, 0.4) is 0 Å². The van der Waals surface area contributed by atoms with Gasteiger partial charge < -0.3 is 0 Å². The van der Waals surface area contributed by atoms with Crippen LogP contribution in [-0.2, 0) is 10.1 Å². The van der Waals surface area contributed by atoms with Gasteiger partial charge in [0.2, 0.25) is 0 Å². The van der Waals surface area contributed by atoms with Crippen LogP contribution < -0.4 is 0 Å². The Bertz CT molecular complexity index is 203. The molecule has 1 N–H and O–H groups in total. The van der Waals surface area contributed by atoms with E-state index >= 15 is 0 Å². The molecule has 0 radical (unpaired) electrons. The lowest BCUT2D eigenvalue weighted by molar-refractivity contribution is 0.458. The van der Waals surface area contributed by atoms with Crippen molar-refractivity contribution >= 4 is 10.1 Å². The minimum absolute atomic E-state index is 0.0718. The van der Waals surface area contributed by atoms with Crippen molar-refractivity contribution in [2.24, 2.45) is 11.8 Å². The average molecular weight is 164 g/mol. The summed E-state index contributed by atoms with van der Waals surface area (Å²) in [5, 5.41) is 0. The molecule has 60 valence electrons. The average Bonchev–Trinajstić information content (AvgIpc) is 2.35. The van der Waals surface area contributed by atoms with E-state index in [9.17, 15) is 8.42 Å². The molecule has 0 amide bonds. The second kappa shape index (κ2) is 2.51. The molecule has 0 aliphatic heterocycles. The maximum Gasteiger partial charge on any atom is 0.265 e. The summed E-state index contributed by atoms with van der Waals surface area (Å²) >= 11 is 0. The Balaban J connectivity index is 2.37. The molecule has 0 bridgehead atoms. The standard InChI is InChI=1S/C6H12O3S/c1-5(6-2-3-6)4-10(7,8)9/h5-6H,2-4H2,1H3,(H,7,8,9). The summed E-state index contributed by atoms with van der Waals surface area (Å²) in [5.41, 5.74) is 0. The highest BCUT2D eigenvalue weighted by atomic mass is 32.2. The summed E-state index contributed by atoms with van der Waals surface area (Å²) in [5.74, 6) is 0.606. The molecule has 1 atom stereocenters. The third-order valence-corrected chi connectivity index (χ3v) is 2.85. The number of rotatable bonds is 3. The predicted molar refractivity (Wildman–Crippen MR) is 38.3 cm³/mol. The molecule has 1 aliphatic carbocycles. The first kappa shape index (κ1) is 8.01. The zero-order valence-corrected chi connectivity index (χ0v) is 6.76. The zero-order chi connectivity index (χ0) is 7.78. The summed E-state index contributed by atoms with van der Waals surface area (Å²) in [6, 6.07) is 0. The van der Waals surface area contributed by atoms with Crippen molar-refractivity contribution < 1.29 is 13.0 Å².